The SMILES string of the molecule is O=C(NO)c1ccc2nc(CCc3ccccc3)c(=O)[nH]c2c1. The number of hydrogen-bond donors (Lipinski definition) is 3. The summed E-state index contributed by atoms with van der Waals surface area (Å²) in [5, 5.41) is 8.65. The summed E-state index contributed by atoms with van der Waals surface area (Å²) in [5.74, 6) is -0.638. The van der Waals surface area contributed by atoms with Gasteiger partial charge in [0.05, 0.1) is 11.0 Å². The van der Waals surface area contributed by atoms with Crippen molar-refractivity contribution < 1.29 is 10.0 Å². The Morgan fingerprint density at radius 1 is 1.13 bits per heavy atom. The maximum atomic E-state index is 12.1. The van der Waals surface area contributed by atoms with Crippen LogP contribution in [0.4, 0.5) is 0 Å². The molecule has 2 aromatic carbocycles. The lowest BCUT2D eigenvalue weighted by molar-refractivity contribution is 0.0706. The molecule has 3 aromatic rings. The molecule has 6 heteroatoms. The van der Waals surface area contributed by atoms with Gasteiger partial charge < -0.3 is 4.98 Å². The lowest BCUT2D eigenvalue weighted by Crippen LogP contribution is -2.19. The van der Waals surface area contributed by atoms with E-state index in [1.165, 1.54) is 6.07 Å². The molecule has 6 nitrogen and oxygen atoms in total. The van der Waals surface area contributed by atoms with Gasteiger partial charge in [-0.15, -0.1) is 0 Å². The van der Waals surface area contributed by atoms with Gasteiger partial charge in [-0.3, -0.25) is 14.8 Å². The number of benzene rings is 2. The molecule has 116 valence electrons. The predicted octanol–water partition coefficient (Wildman–Crippen LogP) is 1.83. The van der Waals surface area contributed by atoms with Crippen molar-refractivity contribution in [3.8, 4) is 0 Å². The zero-order valence-corrected chi connectivity index (χ0v) is 12.2. The Morgan fingerprint density at radius 2 is 1.91 bits per heavy atom. The molecule has 0 spiro atoms. The summed E-state index contributed by atoms with van der Waals surface area (Å²) in [6.45, 7) is 0. The minimum atomic E-state index is -0.638. The number of H-pyrrole nitrogens is 1. The van der Waals surface area contributed by atoms with E-state index in [4.69, 9.17) is 5.21 Å². The second-order valence-corrected chi connectivity index (χ2v) is 5.17. The van der Waals surface area contributed by atoms with E-state index >= 15 is 0 Å². The van der Waals surface area contributed by atoms with Crippen LogP contribution in [0, 0.1) is 0 Å². The van der Waals surface area contributed by atoms with Gasteiger partial charge in [-0.05, 0) is 36.6 Å². The summed E-state index contributed by atoms with van der Waals surface area (Å²) in [5.41, 5.74) is 4.19. The van der Waals surface area contributed by atoms with Crippen LogP contribution in [0.15, 0.2) is 53.3 Å². The van der Waals surface area contributed by atoms with E-state index in [0.29, 0.717) is 23.1 Å². The Labute approximate surface area is 131 Å². The molecule has 0 fully saturated rings. The van der Waals surface area contributed by atoms with E-state index in [1.54, 1.807) is 17.6 Å². The number of fused-ring (bicyclic) bond motifs is 1. The molecule has 0 atom stereocenters. The smallest absolute Gasteiger partial charge is 0.274 e. The molecule has 0 bridgehead atoms. The third-order valence-electron chi connectivity index (χ3n) is 3.62. The first kappa shape index (κ1) is 14.9. The summed E-state index contributed by atoms with van der Waals surface area (Å²) < 4.78 is 0. The molecule has 23 heavy (non-hydrogen) atoms. The first-order valence-electron chi connectivity index (χ1n) is 7.18. The van der Waals surface area contributed by atoms with Crippen LogP contribution >= 0.6 is 0 Å². The van der Waals surface area contributed by atoms with Crippen LogP contribution in [0.5, 0.6) is 0 Å². The van der Waals surface area contributed by atoms with Gasteiger partial charge >= 0.3 is 0 Å². The van der Waals surface area contributed by atoms with E-state index in [1.807, 2.05) is 30.3 Å². The minimum absolute atomic E-state index is 0.245. The summed E-state index contributed by atoms with van der Waals surface area (Å²) in [6, 6.07) is 14.6. The van der Waals surface area contributed by atoms with Gasteiger partial charge in [-0.25, -0.2) is 10.5 Å². The number of nitrogens with one attached hydrogen (secondary N) is 2. The standard InChI is InChI=1S/C17H15N3O3/c21-16(20-23)12-7-9-13-15(10-12)19-17(22)14(18-13)8-6-11-4-2-1-3-5-11/h1-5,7,9-10,23H,6,8H2,(H,19,22)(H,20,21). The Hall–Kier alpha value is -2.99. The second-order valence-electron chi connectivity index (χ2n) is 5.17. The number of carbonyl (C=O) groups excluding carboxylic acids is 1. The molecule has 0 aliphatic carbocycles. The number of aromatic nitrogens is 2. The largest absolute Gasteiger partial charge is 0.319 e. The first-order valence-corrected chi connectivity index (χ1v) is 7.18. The highest BCUT2D eigenvalue weighted by Gasteiger charge is 2.09. The molecule has 1 amide bonds. The van der Waals surface area contributed by atoms with Crippen molar-refractivity contribution in [1.82, 2.24) is 15.4 Å². The highest BCUT2D eigenvalue weighted by molar-refractivity contribution is 5.96. The Balaban J connectivity index is 1.89. The number of aryl methyl sites for hydroxylation is 2. The normalized spacial score (nSPS) is 10.7. The van der Waals surface area contributed by atoms with Crippen LogP contribution in [-0.4, -0.2) is 21.1 Å². The maximum absolute atomic E-state index is 12.1. The number of rotatable bonds is 4. The van der Waals surface area contributed by atoms with Crippen LogP contribution in [0.1, 0.15) is 21.6 Å². The van der Waals surface area contributed by atoms with Gasteiger partial charge in [0.2, 0.25) is 0 Å². The van der Waals surface area contributed by atoms with Gasteiger partial charge in [0, 0.05) is 5.56 Å². The second kappa shape index (κ2) is 6.41. The number of amides is 1. The molecule has 0 aliphatic heterocycles. The van der Waals surface area contributed by atoms with Gasteiger partial charge in [0.1, 0.15) is 5.69 Å². The average molecular weight is 309 g/mol. The topological polar surface area (TPSA) is 95.1 Å². The first-order chi connectivity index (χ1) is 11.2. The fourth-order valence-electron chi connectivity index (χ4n) is 2.41. The van der Waals surface area contributed by atoms with Gasteiger partial charge in [-0.1, -0.05) is 30.3 Å². The Morgan fingerprint density at radius 3 is 2.65 bits per heavy atom. The maximum Gasteiger partial charge on any atom is 0.274 e. The van der Waals surface area contributed by atoms with E-state index in [-0.39, 0.29) is 11.1 Å². The molecule has 0 radical (unpaired) electrons. The number of nitrogens with zero attached hydrogens (tertiary/aromatic N) is 1. The fourth-order valence-corrected chi connectivity index (χ4v) is 2.41. The van der Waals surface area contributed by atoms with Crippen LogP contribution in [0.3, 0.4) is 0 Å². The molecule has 0 unspecified atom stereocenters. The molecule has 3 N–H and O–H groups in total. The Bertz CT molecular complexity index is 904. The van der Waals surface area contributed by atoms with Gasteiger partial charge in [0.25, 0.3) is 11.5 Å². The zero-order valence-electron chi connectivity index (χ0n) is 12.2. The van der Waals surface area contributed by atoms with Crippen LogP contribution in [0.2, 0.25) is 0 Å². The number of hydrogen-bond acceptors (Lipinski definition) is 4. The van der Waals surface area contributed by atoms with Crippen LogP contribution in [-0.2, 0) is 12.8 Å². The predicted molar refractivity (Wildman–Crippen MR) is 85.5 cm³/mol. The zero-order chi connectivity index (χ0) is 16.2. The summed E-state index contributed by atoms with van der Waals surface area (Å²) in [6.07, 6.45) is 1.27. The van der Waals surface area contributed by atoms with E-state index in [0.717, 1.165) is 12.0 Å². The highest BCUT2D eigenvalue weighted by Crippen LogP contribution is 2.12. The van der Waals surface area contributed by atoms with Crippen molar-refractivity contribution in [3.05, 3.63) is 75.7 Å². The highest BCUT2D eigenvalue weighted by atomic mass is 16.5. The fraction of sp³-hybridized carbons (Fsp3) is 0.118. The molecule has 1 heterocycles. The van der Waals surface area contributed by atoms with Crippen molar-refractivity contribution in [3.63, 3.8) is 0 Å². The summed E-state index contributed by atoms with van der Waals surface area (Å²) >= 11 is 0. The molecule has 0 aliphatic rings. The third kappa shape index (κ3) is 3.27. The van der Waals surface area contributed by atoms with Crippen molar-refractivity contribution in [2.75, 3.05) is 0 Å². The van der Waals surface area contributed by atoms with E-state index in [2.05, 4.69) is 9.97 Å². The van der Waals surface area contributed by atoms with Crippen molar-refractivity contribution in [2.45, 2.75) is 12.8 Å². The van der Waals surface area contributed by atoms with Crippen LogP contribution in [0.25, 0.3) is 11.0 Å². The molecular formula is C17H15N3O3. The Kier molecular flexibility index (Phi) is 4.16. The van der Waals surface area contributed by atoms with Gasteiger partial charge in [-0.2, -0.15) is 0 Å². The molecular weight excluding hydrogens is 294 g/mol. The van der Waals surface area contributed by atoms with Crippen molar-refractivity contribution in [2.24, 2.45) is 0 Å². The molecule has 0 saturated carbocycles. The van der Waals surface area contributed by atoms with E-state index < -0.39 is 5.91 Å². The number of aromatic amines is 1. The third-order valence-corrected chi connectivity index (χ3v) is 3.62. The lowest BCUT2D eigenvalue weighted by atomic mass is 10.1. The molecule has 1 aromatic heterocycles. The summed E-state index contributed by atoms with van der Waals surface area (Å²) in [7, 11) is 0. The van der Waals surface area contributed by atoms with Gasteiger partial charge in [0.15, 0.2) is 0 Å². The number of hydroxylamine groups is 1. The molecule has 0 saturated heterocycles. The summed E-state index contributed by atoms with van der Waals surface area (Å²) in [4.78, 5) is 30.6. The monoisotopic (exact) mass is 309 g/mol. The van der Waals surface area contributed by atoms with E-state index in [9.17, 15) is 9.59 Å². The minimum Gasteiger partial charge on any atom is -0.319 e. The molecule has 3 rings (SSSR count). The van der Waals surface area contributed by atoms with Crippen LogP contribution < -0.4 is 11.0 Å². The number of carbonyl (C=O) groups is 1. The van der Waals surface area contributed by atoms with Crippen molar-refractivity contribution in [1.29, 1.82) is 0 Å². The lowest BCUT2D eigenvalue weighted by Gasteiger charge is -2.05. The quantitative estimate of drug-likeness (QED) is 0.506. The van der Waals surface area contributed by atoms with Crippen molar-refractivity contribution >= 4 is 16.9 Å². The average Bonchev–Trinajstić information content (AvgIpc) is 2.59.